The van der Waals surface area contributed by atoms with Crippen LogP contribution in [0.15, 0.2) is 0 Å². The second kappa shape index (κ2) is 5.37. The summed E-state index contributed by atoms with van der Waals surface area (Å²) in [6.07, 6.45) is 6.61. The van der Waals surface area contributed by atoms with Gasteiger partial charge < -0.3 is 10.2 Å². The number of nitrogens with one attached hydrogen (secondary N) is 1. The van der Waals surface area contributed by atoms with Gasteiger partial charge in [-0.25, -0.2) is 0 Å². The minimum Gasteiger partial charge on any atom is -0.303 e. The SMILES string of the molecule is CNC(C)(C#N)CCN(CC1CC1)CC1CC1. The van der Waals surface area contributed by atoms with Gasteiger partial charge >= 0.3 is 0 Å². The highest BCUT2D eigenvalue weighted by atomic mass is 15.1. The molecular formula is C14H25N3. The molecule has 1 unspecified atom stereocenters. The predicted molar refractivity (Wildman–Crippen MR) is 69.6 cm³/mol. The molecule has 17 heavy (non-hydrogen) atoms. The molecule has 0 bridgehead atoms. The van der Waals surface area contributed by atoms with E-state index < -0.39 is 0 Å². The van der Waals surface area contributed by atoms with Gasteiger partial charge in [-0.2, -0.15) is 5.26 Å². The van der Waals surface area contributed by atoms with Crippen molar-refractivity contribution < 1.29 is 0 Å². The van der Waals surface area contributed by atoms with Crippen LogP contribution in [0.3, 0.4) is 0 Å². The summed E-state index contributed by atoms with van der Waals surface area (Å²) < 4.78 is 0. The fourth-order valence-corrected chi connectivity index (χ4v) is 2.21. The van der Waals surface area contributed by atoms with E-state index in [1.54, 1.807) is 0 Å². The van der Waals surface area contributed by atoms with E-state index in [4.69, 9.17) is 5.26 Å². The molecule has 2 aliphatic carbocycles. The monoisotopic (exact) mass is 235 g/mol. The van der Waals surface area contributed by atoms with Crippen LogP contribution in [0, 0.1) is 23.2 Å². The van der Waals surface area contributed by atoms with Crippen LogP contribution in [0.1, 0.15) is 39.0 Å². The summed E-state index contributed by atoms with van der Waals surface area (Å²) in [5, 5.41) is 12.3. The summed E-state index contributed by atoms with van der Waals surface area (Å²) in [5.74, 6) is 1.91. The Morgan fingerprint density at radius 3 is 2.12 bits per heavy atom. The van der Waals surface area contributed by atoms with Gasteiger partial charge in [0, 0.05) is 19.6 Å². The molecule has 2 aliphatic rings. The molecule has 0 aromatic rings. The Bertz CT molecular complexity index is 274. The van der Waals surface area contributed by atoms with E-state index >= 15 is 0 Å². The van der Waals surface area contributed by atoms with Crippen molar-refractivity contribution in [1.29, 1.82) is 5.26 Å². The number of rotatable bonds is 8. The topological polar surface area (TPSA) is 39.1 Å². The van der Waals surface area contributed by atoms with E-state index in [0.29, 0.717) is 0 Å². The average Bonchev–Trinajstić information content (AvgIpc) is 3.21. The molecule has 1 N–H and O–H groups in total. The Morgan fingerprint density at radius 2 is 1.76 bits per heavy atom. The van der Waals surface area contributed by atoms with E-state index in [1.165, 1.54) is 38.8 Å². The van der Waals surface area contributed by atoms with Gasteiger partial charge in [-0.15, -0.1) is 0 Å². The summed E-state index contributed by atoms with van der Waals surface area (Å²) in [4.78, 5) is 2.60. The molecule has 0 aromatic carbocycles. The summed E-state index contributed by atoms with van der Waals surface area (Å²) in [6.45, 7) is 5.60. The van der Waals surface area contributed by atoms with Crippen LogP contribution in [0.4, 0.5) is 0 Å². The van der Waals surface area contributed by atoms with Gasteiger partial charge in [0.15, 0.2) is 0 Å². The molecule has 3 nitrogen and oxygen atoms in total. The molecule has 0 heterocycles. The quantitative estimate of drug-likeness (QED) is 0.699. The Kier molecular flexibility index (Phi) is 4.06. The standard InChI is InChI=1S/C14H25N3/c1-14(11-15,16-2)7-8-17(9-12-3-4-12)10-13-5-6-13/h12-13,16H,3-10H2,1-2H3. The van der Waals surface area contributed by atoms with Crippen molar-refractivity contribution in [2.24, 2.45) is 11.8 Å². The maximum atomic E-state index is 9.16. The third-order valence-electron chi connectivity index (χ3n) is 4.15. The third kappa shape index (κ3) is 4.29. The van der Waals surface area contributed by atoms with Crippen LogP contribution in [0.2, 0.25) is 0 Å². The van der Waals surface area contributed by atoms with Crippen molar-refractivity contribution in [1.82, 2.24) is 10.2 Å². The second-order valence-electron chi connectivity index (χ2n) is 6.09. The van der Waals surface area contributed by atoms with Crippen molar-refractivity contribution in [3.63, 3.8) is 0 Å². The van der Waals surface area contributed by atoms with Crippen molar-refractivity contribution >= 4 is 0 Å². The predicted octanol–water partition coefficient (Wildman–Crippen LogP) is 2.00. The van der Waals surface area contributed by atoms with Crippen LogP contribution in [0.25, 0.3) is 0 Å². The van der Waals surface area contributed by atoms with Gasteiger partial charge in [0.1, 0.15) is 5.54 Å². The van der Waals surface area contributed by atoms with E-state index in [0.717, 1.165) is 24.8 Å². The number of hydrogen-bond acceptors (Lipinski definition) is 3. The second-order valence-corrected chi connectivity index (χ2v) is 6.09. The normalized spacial score (nSPS) is 23.4. The Hall–Kier alpha value is -0.590. The highest BCUT2D eigenvalue weighted by Gasteiger charge is 2.30. The zero-order valence-electron chi connectivity index (χ0n) is 11.2. The lowest BCUT2D eigenvalue weighted by Gasteiger charge is -2.27. The molecule has 1 atom stereocenters. The number of nitrogens with zero attached hydrogens (tertiary/aromatic N) is 2. The summed E-state index contributed by atoms with van der Waals surface area (Å²) in [6, 6.07) is 2.38. The van der Waals surface area contributed by atoms with Gasteiger partial charge in [-0.3, -0.25) is 0 Å². The van der Waals surface area contributed by atoms with Crippen molar-refractivity contribution in [2.45, 2.75) is 44.6 Å². The molecule has 0 amide bonds. The molecule has 0 aromatic heterocycles. The van der Waals surface area contributed by atoms with Gasteiger partial charge in [0.2, 0.25) is 0 Å². The Morgan fingerprint density at radius 1 is 1.24 bits per heavy atom. The largest absolute Gasteiger partial charge is 0.303 e. The zero-order chi connectivity index (χ0) is 12.3. The van der Waals surface area contributed by atoms with Gasteiger partial charge in [-0.05, 0) is 57.9 Å². The Balaban J connectivity index is 1.76. The molecule has 0 aliphatic heterocycles. The molecule has 0 spiro atoms. The van der Waals surface area contributed by atoms with Gasteiger partial charge in [-0.1, -0.05) is 0 Å². The van der Waals surface area contributed by atoms with Gasteiger partial charge in [0.25, 0.3) is 0 Å². The van der Waals surface area contributed by atoms with Crippen LogP contribution in [-0.4, -0.2) is 37.1 Å². The Labute approximate surface area is 105 Å². The molecule has 2 fully saturated rings. The van der Waals surface area contributed by atoms with Crippen molar-refractivity contribution in [3.05, 3.63) is 0 Å². The smallest absolute Gasteiger partial charge is 0.104 e. The fourth-order valence-electron chi connectivity index (χ4n) is 2.21. The van der Waals surface area contributed by atoms with E-state index in [-0.39, 0.29) is 5.54 Å². The average molecular weight is 235 g/mol. The molecule has 3 heteroatoms. The van der Waals surface area contributed by atoms with Gasteiger partial charge in [0.05, 0.1) is 6.07 Å². The number of nitriles is 1. The minimum atomic E-state index is -0.356. The van der Waals surface area contributed by atoms with E-state index in [9.17, 15) is 0 Å². The molecule has 0 saturated heterocycles. The lowest BCUT2D eigenvalue weighted by molar-refractivity contribution is 0.230. The highest BCUT2D eigenvalue weighted by molar-refractivity contribution is 5.03. The maximum absolute atomic E-state index is 9.16. The van der Waals surface area contributed by atoms with Crippen LogP contribution < -0.4 is 5.32 Å². The first kappa shape index (κ1) is 12.9. The zero-order valence-corrected chi connectivity index (χ0v) is 11.2. The summed E-state index contributed by atoms with van der Waals surface area (Å²) >= 11 is 0. The molecular weight excluding hydrogens is 210 g/mol. The lowest BCUT2D eigenvalue weighted by atomic mass is 10.00. The first-order chi connectivity index (χ1) is 8.15. The van der Waals surface area contributed by atoms with Crippen LogP contribution >= 0.6 is 0 Å². The van der Waals surface area contributed by atoms with E-state index in [2.05, 4.69) is 16.3 Å². The summed E-state index contributed by atoms with van der Waals surface area (Å²) in [7, 11) is 1.88. The first-order valence-electron chi connectivity index (χ1n) is 6.98. The number of hydrogen-bond donors (Lipinski definition) is 1. The minimum absolute atomic E-state index is 0.356. The fraction of sp³-hybridized carbons (Fsp3) is 0.929. The highest BCUT2D eigenvalue weighted by Crippen LogP contribution is 2.33. The summed E-state index contributed by atoms with van der Waals surface area (Å²) in [5.41, 5.74) is -0.356. The van der Waals surface area contributed by atoms with Crippen LogP contribution in [-0.2, 0) is 0 Å². The molecule has 2 saturated carbocycles. The first-order valence-corrected chi connectivity index (χ1v) is 6.98. The van der Waals surface area contributed by atoms with Crippen molar-refractivity contribution in [2.75, 3.05) is 26.7 Å². The molecule has 96 valence electrons. The van der Waals surface area contributed by atoms with E-state index in [1.807, 2.05) is 14.0 Å². The van der Waals surface area contributed by atoms with Crippen LogP contribution in [0.5, 0.6) is 0 Å². The molecule has 2 rings (SSSR count). The van der Waals surface area contributed by atoms with Crippen molar-refractivity contribution in [3.8, 4) is 6.07 Å². The molecule has 0 radical (unpaired) electrons. The lowest BCUT2D eigenvalue weighted by Crippen LogP contribution is -2.42. The maximum Gasteiger partial charge on any atom is 0.104 e. The third-order valence-corrected chi connectivity index (χ3v) is 4.15.